The first-order valence-electron chi connectivity index (χ1n) is 3.76. The van der Waals surface area contributed by atoms with E-state index in [-0.39, 0.29) is 0 Å². The SMILES string of the molecule is COc1cc(Cl)c(N(C)C)cc1Cl. The van der Waals surface area contributed by atoms with E-state index in [1.54, 1.807) is 19.2 Å². The topological polar surface area (TPSA) is 12.5 Å². The van der Waals surface area contributed by atoms with Crippen molar-refractivity contribution in [1.82, 2.24) is 0 Å². The molecule has 0 bridgehead atoms. The molecular weight excluding hydrogens is 209 g/mol. The molecule has 0 saturated heterocycles. The van der Waals surface area contributed by atoms with E-state index >= 15 is 0 Å². The zero-order valence-corrected chi connectivity index (χ0v) is 9.28. The largest absolute Gasteiger partial charge is 0.495 e. The van der Waals surface area contributed by atoms with Gasteiger partial charge in [0.05, 0.1) is 22.8 Å². The number of methoxy groups -OCH3 is 1. The van der Waals surface area contributed by atoms with Crippen LogP contribution < -0.4 is 9.64 Å². The fourth-order valence-corrected chi connectivity index (χ4v) is 1.57. The summed E-state index contributed by atoms with van der Waals surface area (Å²) in [6.07, 6.45) is 0. The van der Waals surface area contributed by atoms with Gasteiger partial charge in [0.1, 0.15) is 5.75 Å². The van der Waals surface area contributed by atoms with Crippen LogP contribution in [0.1, 0.15) is 0 Å². The summed E-state index contributed by atoms with van der Waals surface area (Å²) in [6, 6.07) is 3.49. The highest BCUT2D eigenvalue weighted by atomic mass is 35.5. The van der Waals surface area contributed by atoms with Gasteiger partial charge in [-0.25, -0.2) is 0 Å². The Bertz CT molecular complexity index is 313. The predicted octanol–water partition coefficient (Wildman–Crippen LogP) is 3.07. The standard InChI is InChI=1S/C9H11Cl2NO/c1-12(2)8-4-7(11)9(13-3)5-6(8)10/h4-5H,1-3H3. The van der Waals surface area contributed by atoms with Crippen LogP contribution in [0.2, 0.25) is 10.0 Å². The zero-order chi connectivity index (χ0) is 10.0. The van der Waals surface area contributed by atoms with Crippen molar-refractivity contribution in [2.45, 2.75) is 0 Å². The van der Waals surface area contributed by atoms with Crippen LogP contribution >= 0.6 is 23.2 Å². The fourth-order valence-electron chi connectivity index (χ4n) is 1.02. The summed E-state index contributed by atoms with van der Waals surface area (Å²) < 4.78 is 5.03. The highest BCUT2D eigenvalue weighted by Crippen LogP contribution is 2.35. The van der Waals surface area contributed by atoms with E-state index in [0.717, 1.165) is 5.69 Å². The number of benzene rings is 1. The van der Waals surface area contributed by atoms with Gasteiger partial charge in [0.2, 0.25) is 0 Å². The predicted molar refractivity (Wildman–Crippen MR) is 57.3 cm³/mol. The number of nitrogens with zero attached hydrogens (tertiary/aromatic N) is 1. The van der Waals surface area contributed by atoms with Gasteiger partial charge in [0.25, 0.3) is 0 Å². The van der Waals surface area contributed by atoms with Crippen LogP contribution in [0.5, 0.6) is 5.75 Å². The fraction of sp³-hybridized carbons (Fsp3) is 0.333. The maximum atomic E-state index is 5.99. The summed E-state index contributed by atoms with van der Waals surface area (Å²) in [5, 5.41) is 1.20. The lowest BCUT2D eigenvalue weighted by Gasteiger charge is -2.15. The Morgan fingerprint density at radius 2 is 1.77 bits per heavy atom. The van der Waals surface area contributed by atoms with Crippen LogP contribution in [0.25, 0.3) is 0 Å². The number of rotatable bonds is 2. The summed E-state index contributed by atoms with van der Waals surface area (Å²) in [4.78, 5) is 1.90. The van der Waals surface area contributed by atoms with Crippen molar-refractivity contribution >= 4 is 28.9 Å². The number of hydrogen-bond acceptors (Lipinski definition) is 2. The van der Waals surface area contributed by atoms with Gasteiger partial charge in [0.15, 0.2) is 0 Å². The molecule has 72 valence electrons. The first kappa shape index (κ1) is 10.5. The Morgan fingerprint density at radius 1 is 1.15 bits per heavy atom. The summed E-state index contributed by atoms with van der Waals surface area (Å²) >= 11 is 11.9. The lowest BCUT2D eigenvalue weighted by atomic mass is 10.3. The monoisotopic (exact) mass is 219 g/mol. The maximum absolute atomic E-state index is 5.99. The molecule has 0 aliphatic heterocycles. The maximum Gasteiger partial charge on any atom is 0.139 e. The lowest BCUT2D eigenvalue weighted by Crippen LogP contribution is -2.09. The average Bonchev–Trinajstić information content (AvgIpc) is 2.07. The van der Waals surface area contributed by atoms with Crippen molar-refractivity contribution in [2.75, 3.05) is 26.1 Å². The molecule has 1 aromatic carbocycles. The summed E-state index contributed by atoms with van der Waals surface area (Å²) in [5.41, 5.74) is 0.882. The first-order chi connectivity index (χ1) is 6.06. The number of hydrogen-bond donors (Lipinski definition) is 0. The Morgan fingerprint density at radius 3 is 2.23 bits per heavy atom. The van der Waals surface area contributed by atoms with Crippen LogP contribution in [-0.2, 0) is 0 Å². The summed E-state index contributed by atoms with van der Waals surface area (Å²) in [6.45, 7) is 0. The van der Waals surface area contributed by atoms with E-state index in [0.29, 0.717) is 15.8 Å². The molecule has 0 spiro atoms. The average molecular weight is 220 g/mol. The second kappa shape index (κ2) is 4.07. The van der Waals surface area contributed by atoms with E-state index in [1.807, 2.05) is 19.0 Å². The molecule has 0 N–H and O–H groups in total. The molecular formula is C9H11Cl2NO. The van der Waals surface area contributed by atoms with Crippen LogP contribution in [-0.4, -0.2) is 21.2 Å². The minimum Gasteiger partial charge on any atom is -0.495 e. The Labute approximate surface area is 88.0 Å². The molecule has 0 saturated carbocycles. The molecule has 1 rings (SSSR count). The third-order valence-corrected chi connectivity index (χ3v) is 2.30. The third-order valence-electron chi connectivity index (χ3n) is 1.70. The second-order valence-corrected chi connectivity index (χ2v) is 3.65. The highest BCUT2D eigenvalue weighted by molar-refractivity contribution is 6.36. The van der Waals surface area contributed by atoms with Crippen LogP contribution in [0.3, 0.4) is 0 Å². The van der Waals surface area contributed by atoms with E-state index in [9.17, 15) is 0 Å². The van der Waals surface area contributed by atoms with Crippen molar-refractivity contribution in [3.05, 3.63) is 22.2 Å². The molecule has 0 aromatic heterocycles. The first-order valence-corrected chi connectivity index (χ1v) is 4.52. The third kappa shape index (κ3) is 2.20. The number of halogens is 2. The van der Waals surface area contributed by atoms with Gasteiger partial charge >= 0.3 is 0 Å². The molecule has 0 radical (unpaired) electrons. The molecule has 0 unspecified atom stereocenters. The van der Waals surface area contributed by atoms with Crippen molar-refractivity contribution in [3.8, 4) is 5.75 Å². The zero-order valence-electron chi connectivity index (χ0n) is 7.77. The molecule has 0 amide bonds. The van der Waals surface area contributed by atoms with Crippen molar-refractivity contribution in [1.29, 1.82) is 0 Å². The van der Waals surface area contributed by atoms with E-state index in [2.05, 4.69) is 0 Å². The molecule has 4 heteroatoms. The molecule has 13 heavy (non-hydrogen) atoms. The number of anilines is 1. The van der Waals surface area contributed by atoms with Crippen LogP contribution in [0.4, 0.5) is 5.69 Å². The second-order valence-electron chi connectivity index (χ2n) is 2.83. The summed E-state index contributed by atoms with van der Waals surface area (Å²) in [5.74, 6) is 0.595. The van der Waals surface area contributed by atoms with Gasteiger partial charge in [-0.3, -0.25) is 0 Å². The quantitative estimate of drug-likeness (QED) is 0.759. The van der Waals surface area contributed by atoms with Crippen LogP contribution in [0.15, 0.2) is 12.1 Å². The van der Waals surface area contributed by atoms with Gasteiger partial charge in [-0.1, -0.05) is 23.2 Å². The van der Waals surface area contributed by atoms with Gasteiger partial charge in [-0.2, -0.15) is 0 Å². The molecule has 0 fully saturated rings. The molecule has 2 nitrogen and oxygen atoms in total. The normalized spacial score (nSPS) is 9.92. The molecule has 0 aliphatic carbocycles. The van der Waals surface area contributed by atoms with Gasteiger partial charge in [-0.05, 0) is 6.07 Å². The minimum atomic E-state index is 0.565. The Kier molecular flexibility index (Phi) is 3.28. The van der Waals surface area contributed by atoms with Gasteiger partial charge < -0.3 is 9.64 Å². The van der Waals surface area contributed by atoms with Gasteiger partial charge in [0, 0.05) is 20.2 Å². The van der Waals surface area contributed by atoms with E-state index < -0.39 is 0 Å². The molecule has 0 aliphatic rings. The minimum absolute atomic E-state index is 0.565. The van der Waals surface area contributed by atoms with E-state index in [1.165, 1.54) is 0 Å². The summed E-state index contributed by atoms with van der Waals surface area (Å²) in [7, 11) is 5.38. The van der Waals surface area contributed by atoms with Crippen molar-refractivity contribution in [2.24, 2.45) is 0 Å². The number of ether oxygens (including phenoxy) is 1. The molecule has 0 heterocycles. The smallest absolute Gasteiger partial charge is 0.139 e. The Hall–Kier alpha value is -0.600. The van der Waals surface area contributed by atoms with Crippen LogP contribution in [0, 0.1) is 0 Å². The molecule has 0 atom stereocenters. The van der Waals surface area contributed by atoms with Crippen molar-refractivity contribution in [3.63, 3.8) is 0 Å². The Balaban J connectivity index is 3.20. The van der Waals surface area contributed by atoms with E-state index in [4.69, 9.17) is 27.9 Å². The highest BCUT2D eigenvalue weighted by Gasteiger charge is 2.08. The molecule has 1 aromatic rings. The lowest BCUT2D eigenvalue weighted by molar-refractivity contribution is 0.415. The van der Waals surface area contributed by atoms with Crippen molar-refractivity contribution < 1.29 is 4.74 Å². The van der Waals surface area contributed by atoms with Gasteiger partial charge in [-0.15, -0.1) is 0 Å².